The Labute approximate surface area is 134 Å². The van der Waals surface area contributed by atoms with Gasteiger partial charge >= 0.3 is 0 Å². The minimum atomic E-state index is -0.418. The Morgan fingerprint density at radius 1 is 1.32 bits per heavy atom. The van der Waals surface area contributed by atoms with Crippen molar-refractivity contribution in [3.8, 4) is 11.5 Å². The Morgan fingerprint density at radius 3 is 2.64 bits per heavy atom. The Kier molecular flexibility index (Phi) is 4.87. The van der Waals surface area contributed by atoms with Crippen LogP contribution in [0.15, 0.2) is 29.5 Å². The number of nitrogens with one attached hydrogen (secondary N) is 3. The average Bonchev–Trinajstić information content (AvgIpc) is 2.52. The lowest BCUT2D eigenvalue weighted by Crippen LogP contribution is -2.46. The maximum absolute atomic E-state index is 12.3. The van der Waals surface area contributed by atoms with Gasteiger partial charge in [-0.3, -0.25) is 4.79 Å². The first-order chi connectivity index (χ1) is 10.5. The molecule has 1 aromatic rings. The van der Waals surface area contributed by atoms with Crippen molar-refractivity contribution in [3.05, 3.63) is 35.0 Å². The second-order valence-electron chi connectivity index (χ2n) is 4.76. The summed E-state index contributed by atoms with van der Waals surface area (Å²) >= 11 is 5.22. The van der Waals surface area contributed by atoms with Gasteiger partial charge in [0.05, 0.1) is 25.8 Å². The standard InChI is InChI=1S/C15H19N3O3S/c1-8-12(14(19)16-2)13(18-15(22)17-8)10-7-9(20-3)5-6-11(10)21-4/h5-7,13H,1-4H3,(H,16,19)(H2,17,18,22). The second-order valence-corrected chi connectivity index (χ2v) is 5.17. The molecular formula is C15H19N3O3S. The lowest BCUT2D eigenvalue weighted by Gasteiger charge is -2.31. The number of rotatable bonds is 4. The van der Waals surface area contributed by atoms with E-state index in [0.29, 0.717) is 27.9 Å². The van der Waals surface area contributed by atoms with Gasteiger partial charge in [-0.25, -0.2) is 0 Å². The summed E-state index contributed by atoms with van der Waals surface area (Å²) in [5.74, 6) is 1.14. The molecule has 0 radical (unpaired) electrons. The predicted molar refractivity (Wildman–Crippen MR) is 87.9 cm³/mol. The minimum absolute atomic E-state index is 0.185. The first-order valence-corrected chi connectivity index (χ1v) is 7.15. The molecule has 3 N–H and O–H groups in total. The molecule has 1 aliphatic heterocycles. The van der Waals surface area contributed by atoms with Gasteiger partial charge in [0, 0.05) is 18.3 Å². The highest BCUT2D eigenvalue weighted by molar-refractivity contribution is 7.80. The highest BCUT2D eigenvalue weighted by atomic mass is 32.1. The third-order valence-corrected chi connectivity index (χ3v) is 3.71. The molecule has 1 aliphatic rings. The quantitative estimate of drug-likeness (QED) is 0.725. The van der Waals surface area contributed by atoms with Crippen LogP contribution in [-0.4, -0.2) is 32.3 Å². The van der Waals surface area contributed by atoms with E-state index in [-0.39, 0.29) is 5.91 Å². The number of amides is 1. The largest absolute Gasteiger partial charge is 0.497 e. The molecule has 0 bridgehead atoms. The van der Waals surface area contributed by atoms with Gasteiger partial charge in [-0.15, -0.1) is 0 Å². The van der Waals surface area contributed by atoms with E-state index < -0.39 is 6.04 Å². The molecule has 0 aromatic heterocycles. The molecule has 2 rings (SSSR count). The molecule has 118 valence electrons. The molecule has 22 heavy (non-hydrogen) atoms. The lowest BCUT2D eigenvalue weighted by atomic mass is 9.94. The molecule has 0 saturated carbocycles. The summed E-state index contributed by atoms with van der Waals surface area (Å²) < 4.78 is 10.7. The van der Waals surface area contributed by atoms with E-state index in [2.05, 4.69) is 16.0 Å². The third-order valence-electron chi connectivity index (χ3n) is 3.49. The summed E-state index contributed by atoms with van der Waals surface area (Å²) in [6.07, 6.45) is 0. The van der Waals surface area contributed by atoms with Gasteiger partial charge in [0.25, 0.3) is 5.91 Å². The first kappa shape index (κ1) is 16.1. The van der Waals surface area contributed by atoms with E-state index in [1.54, 1.807) is 33.4 Å². The number of ether oxygens (including phenoxy) is 2. The van der Waals surface area contributed by atoms with Crippen molar-refractivity contribution in [2.24, 2.45) is 0 Å². The Hall–Kier alpha value is -2.28. The molecule has 1 amide bonds. The van der Waals surface area contributed by atoms with Gasteiger partial charge in [0.15, 0.2) is 5.11 Å². The van der Waals surface area contributed by atoms with Gasteiger partial charge in [-0.2, -0.15) is 0 Å². The number of likely N-dealkylation sites (N-methyl/N-ethyl adjacent to an activating group) is 1. The fourth-order valence-electron chi connectivity index (χ4n) is 2.43. The SMILES string of the molecule is CNC(=O)C1=C(C)NC(=S)NC1c1cc(OC)ccc1OC. The van der Waals surface area contributed by atoms with E-state index in [1.807, 2.05) is 13.0 Å². The number of thiocarbonyl (C=S) groups is 1. The zero-order valence-corrected chi connectivity index (χ0v) is 13.8. The summed E-state index contributed by atoms with van der Waals surface area (Å²) in [6, 6.07) is 5.02. The van der Waals surface area contributed by atoms with Crippen molar-refractivity contribution in [2.45, 2.75) is 13.0 Å². The Balaban J connectivity index is 2.59. The molecule has 1 unspecified atom stereocenters. The van der Waals surface area contributed by atoms with Crippen molar-refractivity contribution < 1.29 is 14.3 Å². The van der Waals surface area contributed by atoms with Crippen LogP contribution in [0, 0.1) is 0 Å². The summed E-state index contributed by atoms with van der Waals surface area (Å²) in [6.45, 7) is 1.82. The van der Waals surface area contributed by atoms with Gasteiger partial charge < -0.3 is 25.4 Å². The Bertz CT molecular complexity index is 643. The van der Waals surface area contributed by atoms with E-state index in [4.69, 9.17) is 21.7 Å². The number of allylic oxidation sites excluding steroid dienone is 1. The zero-order chi connectivity index (χ0) is 16.3. The number of hydrogen-bond donors (Lipinski definition) is 3. The predicted octanol–water partition coefficient (Wildman–Crippen LogP) is 1.24. The highest BCUT2D eigenvalue weighted by Gasteiger charge is 2.31. The summed E-state index contributed by atoms with van der Waals surface area (Å²) in [4.78, 5) is 12.3. The summed E-state index contributed by atoms with van der Waals surface area (Å²) in [7, 11) is 4.77. The van der Waals surface area contributed by atoms with Gasteiger partial charge in [0.1, 0.15) is 11.5 Å². The lowest BCUT2D eigenvalue weighted by molar-refractivity contribution is -0.117. The van der Waals surface area contributed by atoms with Crippen LogP contribution in [0.5, 0.6) is 11.5 Å². The van der Waals surface area contributed by atoms with E-state index in [0.717, 1.165) is 5.56 Å². The number of benzene rings is 1. The maximum Gasteiger partial charge on any atom is 0.251 e. The van der Waals surface area contributed by atoms with E-state index in [1.165, 1.54) is 0 Å². The van der Waals surface area contributed by atoms with Gasteiger partial charge in [0.2, 0.25) is 0 Å². The molecule has 1 aromatic carbocycles. The number of carbonyl (C=O) groups excluding carboxylic acids is 1. The first-order valence-electron chi connectivity index (χ1n) is 6.74. The van der Waals surface area contributed by atoms with Crippen molar-refractivity contribution in [1.82, 2.24) is 16.0 Å². The zero-order valence-electron chi connectivity index (χ0n) is 12.9. The minimum Gasteiger partial charge on any atom is -0.497 e. The number of methoxy groups -OCH3 is 2. The van der Waals surface area contributed by atoms with Gasteiger partial charge in [-0.05, 0) is 37.3 Å². The van der Waals surface area contributed by atoms with Gasteiger partial charge in [-0.1, -0.05) is 0 Å². The highest BCUT2D eigenvalue weighted by Crippen LogP contribution is 2.35. The molecule has 1 heterocycles. The van der Waals surface area contributed by atoms with Crippen molar-refractivity contribution in [1.29, 1.82) is 0 Å². The van der Waals surface area contributed by atoms with Crippen LogP contribution in [0.25, 0.3) is 0 Å². The molecule has 0 saturated heterocycles. The van der Waals surface area contributed by atoms with Crippen LogP contribution >= 0.6 is 12.2 Å². The summed E-state index contributed by atoms with van der Waals surface area (Å²) in [5, 5.41) is 9.21. The average molecular weight is 321 g/mol. The van der Waals surface area contributed by atoms with Crippen molar-refractivity contribution in [3.63, 3.8) is 0 Å². The van der Waals surface area contributed by atoms with Crippen LogP contribution in [-0.2, 0) is 4.79 Å². The van der Waals surface area contributed by atoms with E-state index in [9.17, 15) is 4.79 Å². The molecule has 6 nitrogen and oxygen atoms in total. The maximum atomic E-state index is 12.3. The third kappa shape index (κ3) is 2.99. The van der Waals surface area contributed by atoms with Crippen LogP contribution in [0.3, 0.4) is 0 Å². The van der Waals surface area contributed by atoms with Crippen LogP contribution in [0.2, 0.25) is 0 Å². The van der Waals surface area contributed by atoms with Crippen LogP contribution in [0.4, 0.5) is 0 Å². The van der Waals surface area contributed by atoms with Crippen LogP contribution < -0.4 is 25.4 Å². The molecule has 1 atom stereocenters. The number of carbonyl (C=O) groups is 1. The molecular weight excluding hydrogens is 302 g/mol. The Morgan fingerprint density at radius 2 is 2.05 bits per heavy atom. The summed E-state index contributed by atoms with van der Waals surface area (Å²) in [5.41, 5.74) is 2.05. The monoisotopic (exact) mass is 321 g/mol. The smallest absolute Gasteiger partial charge is 0.251 e. The fourth-order valence-corrected chi connectivity index (χ4v) is 2.70. The van der Waals surface area contributed by atoms with Crippen LogP contribution in [0.1, 0.15) is 18.5 Å². The van der Waals surface area contributed by atoms with Crippen molar-refractivity contribution >= 4 is 23.2 Å². The van der Waals surface area contributed by atoms with Crippen molar-refractivity contribution in [2.75, 3.05) is 21.3 Å². The van der Waals surface area contributed by atoms with E-state index >= 15 is 0 Å². The number of hydrogen-bond acceptors (Lipinski definition) is 4. The molecule has 0 fully saturated rings. The normalized spacial score (nSPS) is 17.5. The topological polar surface area (TPSA) is 71.6 Å². The second kappa shape index (κ2) is 6.65. The molecule has 7 heteroatoms. The fraction of sp³-hybridized carbons (Fsp3) is 0.333. The molecule has 0 aliphatic carbocycles. The molecule has 0 spiro atoms.